The lowest BCUT2D eigenvalue weighted by molar-refractivity contribution is -0.145. The van der Waals surface area contributed by atoms with Crippen molar-refractivity contribution in [3.8, 4) is 0 Å². The van der Waals surface area contributed by atoms with Crippen LogP contribution in [0.4, 0.5) is 0 Å². The predicted molar refractivity (Wildman–Crippen MR) is 66.7 cm³/mol. The van der Waals surface area contributed by atoms with Gasteiger partial charge in [-0.1, -0.05) is 18.2 Å². The van der Waals surface area contributed by atoms with Crippen molar-refractivity contribution in [2.45, 2.75) is 13.0 Å². The SMILES string of the molecule is CCOC(=O)C(NC)c1c[nH]c2ccccc12. The quantitative estimate of drug-likeness (QED) is 0.793. The van der Waals surface area contributed by atoms with Gasteiger partial charge in [-0.05, 0) is 20.0 Å². The van der Waals surface area contributed by atoms with Gasteiger partial charge >= 0.3 is 5.97 Å². The lowest BCUT2D eigenvalue weighted by Gasteiger charge is -2.13. The van der Waals surface area contributed by atoms with Crippen LogP contribution in [0, 0.1) is 0 Å². The highest BCUT2D eigenvalue weighted by Gasteiger charge is 2.22. The molecule has 0 fully saturated rings. The Bertz CT molecular complexity index is 519. The summed E-state index contributed by atoms with van der Waals surface area (Å²) in [5.74, 6) is -0.250. The number of H-pyrrole nitrogens is 1. The fourth-order valence-electron chi connectivity index (χ4n) is 1.96. The lowest BCUT2D eigenvalue weighted by atomic mass is 10.1. The molecular formula is C13H16N2O2. The molecule has 4 nitrogen and oxygen atoms in total. The Kier molecular flexibility index (Phi) is 3.44. The monoisotopic (exact) mass is 232 g/mol. The molecule has 1 aromatic carbocycles. The molecule has 90 valence electrons. The molecule has 1 atom stereocenters. The second-order valence-electron chi connectivity index (χ2n) is 3.76. The number of hydrogen-bond acceptors (Lipinski definition) is 3. The maximum absolute atomic E-state index is 11.8. The first-order chi connectivity index (χ1) is 8.27. The van der Waals surface area contributed by atoms with E-state index in [1.165, 1.54) is 0 Å². The van der Waals surface area contributed by atoms with Crippen molar-refractivity contribution < 1.29 is 9.53 Å². The van der Waals surface area contributed by atoms with Crippen LogP contribution in [-0.4, -0.2) is 24.6 Å². The van der Waals surface area contributed by atoms with Gasteiger partial charge in [-0.2, -0.15) is 0 Å². The van der Waals surface area contributed by atoms with E-state index in [0.29, 0.717) is 6.61 Å². The lowest BCUT2D eigenvalue weighted by Crippen LogP contribution is -2.27. The van der Waals surface area contributed by atoms with Crippen molar-refractivity contribution >= 4 is 16.9 Å². The number of aromatic amines is 1. The first-order valence-corrected chi connectivity index (χ1v) is 5.67. The largest absolute Gasteiger partial charge is 0.465 e. The molecule has 0 saturated heterocycles. The molecule has 0 bridgehead atoms. The number of fused-ring (bicyclic) bond motifs is 1. The normalized spacial score (nSPS) is 12.6. The maximum atomic E-state index is 11.8. The van der Waals surface area contributed by atoms with E-state index in [2.05, 4.69) is 10.3 Å². The zero-order chi connectivity index (χ0) is 12.3. The van der Waals surface area contributed by atoms with Gasteiger partial charge in [-0.3, -0.25) is 0 Å². The maximum Gasteiger partial charge on any atom is 0.327 e. The van der Waals surface area contributed by atoms with E-state index in [4.69, 9.17) is 4.74 Å². The van der Waals surface area contributed by atoms with Crippen LogP contribution in [0.5, 0.6) is 0 Å². The topological polar surface area (TPSA) is 54.1 Å². The number of rotatable bonds is 4. The fourth-order valence-corrected chi connectivity index (χ4v) is 1.96. The van der Waals surface area contributed by atoms with Crippen LogP contribution in [-0.2, 0) is 9.53 Å². The van der Waals surface area contributed by atoms with Gasteiger partial charge in [-0.25, -0.2) is 4.79 Å². The summed E-state index contributed by atoms with van der Waals surface area (Å²) in [5, 5.41) is 4.03. The number of carbonyl (C=O) groups is 1. The molecule has 2 aromatic rings. The Hall–Kier alpha value is -1.81. The van der Waals surface area contributed by atoms with Crippen LogP contribution in [0.1, 0.15) is 18.5 Å². The third-order valence-electron chi connectivity index (χ3n) is 2.74. The minimum Gasteiger partial charge on any atom is -0.465 e. The molecule has 0 saturated carbocycles. The number of ether oxygens (including phenoxy) is 1. The standard InChI is InChI=1S/C13H16N2O2/c1-3-17-13(16)12(14-2)10-8-15-11-7-5-4-6-9(10)11/h4-8,12,14-15H,3H2,1-2H3. The van der Waals surface area contributed by atoms with Gasteiger partial charge in [0.25, 0.3) is 0 Å². The molecule has 0 aliphatic rings. The molecule has 0 spiro atoms. The van der Waals surface area contributed by atoms with Gasteiger partial charge < -0.3 is 15.0 Å². The molecule has 2 rings (SSSR count). The van der Waals surface area contributed by atoms with Crippen molar-refractivity contribution in [2.24, 2.45) is 0 Å². The highest BCUT2D eigenvalue weighted by molar-refractivity contribution is 5.89. The molecular weight excluding hydrogens is 216 g/mol. The van der Waals surface area contributed by atoms with Gasteiger partial charge in [0.2, 0.25) is 0 Å². The number of likely N-dealkylation sites (N-methyl/N-ethyl adjacent to an activating group) is 1. The summed E-state index contributed by atoms with van der Waals surface area (Å²) in [4.78, 5) is 15.0. The van der Waals surface area contributed by atoms with Crippen LogP contribution in [0.2, 0.25) is 0 Å². The van der Waals surface area contributed by atoms with Crippen molar-refractivity contribution in [3.05, 3.63) is 36.0 Å². The first-order valence-electron chi connectivity index (χ1n) is 5.67. The molecule has 0 radical (unpaired) electrons. The number of nitrogens with one attached hydrogen (secondary N) is 2. The average Bonchev–Trinajstić information content (AvgIpc) is 2.75. The van der Waals surface area contributed by atoms with Crippen LogP contribution in [0.25, 0.3) is 10.9 Å². The Balaban J connectivity index is 2.40. The van der Waals surface area contributed by atoms with Crippen LogP contribution < -0.4 is 5.32 Å². The molecule has 17 heavy (non-hydrogen) atoms. The third-order valence-corrected chi connectivity index (χ3v) is 2.74. The first kappa shape index (κ1) is 11.7. The minimum absolute atomic E-state index is 0.250. The smallest absolute Gasteiger partial charge is 0.327 e. The highest BCUT2D eigenvalue weighted by Crippen LogP contribution is 2.24. The van der Waals surface area contributed by atoms with Crippen molar-refractivity contribution in [3.63, 3.8) is 0 Å². The van der Waals surface area contributed by atoms with Crippen LogP contribution in [0.15, 0.2) is 30.5 Å². The summed E-state index contributed by atoms with van der Waals surface area (Å²) < 4.78 is 5.05. The number of aromatic nitrogens is 1. The summed E-state index contributed by atoms with van der Waals surface area (Å²) in [6.07, 6.45) is 1.85. The summed E-state index contributed by atoms with van der Waals surface area (Å²) in [6, 6.07) is 7.46. The van der Waals surface area contributed by atoms with Crippen LogP contribution >= 0.6 is 0 Å². The number of para-hydroxylation sites is 1. The molecule has 2 N–H and O–H groups in total. The Labute approximate surface area is 100.0 Å². The third kappa shape index (κ3) is 2.17. The number of esters is 1. The van der Waals surface area contributed by atoms with Crippen molar-refractivity contribution in [2.75, 3.05) is 13.7 Å². The zero-order valence-electron chi connectivity index (χ0n) is 9.99. The summed E-state index contributed by atoms with van der Waals surface area (Å²) >= 11 is 0. The van der Waals surface area contributed by atoms with E-state index >= 15 is 0 Å². The minimum atomic E-state index is -0.425. The summed E-state index contributed by atoms with van der Waals surface area (Å²) in [5.41, 5.74) is 1.94. The van der Waals surface area contributed by atoms with E-state index in [1.54, 1.807) is 14.0 Å². The van der Waals surface area contributed by atoms with Crippen molar-refractivity contribution in [1.29, 1.82) is 0 Å². The highest BCUT2D eigenvalue weighted by atomic mass is 16.5. The zero-order valence-corrected chi connectivity index (χ0v) is 9.99. The number of hydrogen-bond donors (Lipinski definition) is 2. The molecule has 0 aliphatic heterocycles. The fraction of sp³-hybridized carbons (Fsp3) is 0.308. The predicted octanol–water partition coefficient (Wildman–Crippen LogP) is 1.99. The molecule has 4 heteroatoms. The molecule has 1 aromatic heterocycles. The van der Waals surface area contributed by atoms with Gasteiger partial charge in [-0.15, -0.1) is 0 Å². The van der Waals surface area contributed by atoms with Gasteiger partial charge in [0, 0.05) is 22.7 Å². The van der Waals surface area contributed by atoms with Gasteiger partial charge in [0.1, 0.15) is 6.04 Å². The second kappa shape index (κ2) is 5.01. The molecule has 1 heterocycles. The van der Waals surface area contributed by atoms with E-state index in [9.17, 15) is 4.79 Å². The van der Waals surface area contributed by atoms with Crippen molar-refractivity contribution in [1.82, 2.24) is 10.3 Å². The average molecular weight is 232 g/mol. The second-order valence-corrected chi connectivity index (χ2v) is 3.76. The molecule has 1 unspecified atom stereocenters. The molecule has 0 aliphatic carbocycles. The Morgan fingerprint density at radius 1 is 1.47 bits per heavy atom. The summed E-state index contributed by atoms with van der Waals surface area (Å²) in [6.45, 7) is 2.19. The van der Waals surface area contributed by atoms with E-state index in [-0.39, 0.29) is 5.97 Å². The number of benzene rings is 1. The van der Waals surface area contributed by atoms with E-state index < -0.39 is 6.04 Å². The van der Waals surface area contributed by atoms with E-state index in [1.807, 2.05) is 30.5 Å². The van der Waals surface area contributed by atoms with Gasteiger partial charge in [0.15, 0.2) is 0 Å². The summed E-state index contributed by atoms with van der Waals surface area (Å²) in [7, 11) is 1.75. The van der Waals surface area contributed by atoms with E-state index in [0.717, 1.165) is 16.5 Å². The molecule has 0 amide bonds. The van der Waals surface area contributed by atoms with Crippen LogP contribution in [0.3, 0.4) is 0 Å². The Morgan fingerprint density at radius 2 is 2.24 bits per heavy atom. The Morgan fingerprint density at radius 3 is 2.94 bits per heavy atom. The number of carbonyl (C=O) groups excluding carboxylic acids is 1. The van der Waals surface area contributed by atoms with Gasteiger partial charge in [0.05, 0.1) is 6.61 Å².